The molecule has 0 atom stereocenters. The number of benzene rings is 1. The van der Waals surface area contributed by atoms with E-state index in [1.807, 2.05) is 6.92 Å². The average molecular weight is 387 g/mol. The van der Waals surface area contributed by atoms with Gasteiger partial charge in [0.2, 0.25) is 0 Å². The summed E-state index contributed by atoms with van der Waals surface area (Å²) in [5.74, 6) is 0. The fourth-order valence-corrected chi connectivity index (χ4v) is 4.71. The summed E-state index contributed by atoms with van der Waals surface area (Å²) in [6.45, 7) is 2.90. The lowest BCUT2D eigenvalue weighted by Crippen LogP contribution is -2.39. The highest BCUT2D eigenvalue weighted by Gasteiger charge is 2.23. The van der Waals surface area contributed by atoms with Gasteiger partial charge in [0.25, 0.3) is 11.2 Å². The van der Waals surface area contributed by atoms with Gasteiger partial charge >= 0.3 is 5.69 Å². The van der Waals surface area contributed by atoms with Gasteiger partial charge in [-0.2, -0.15) is 0 Å². The van der Waals surface area contributed by atoms with Crippen LogP contribution in [0.2, 0.25) is 0 Å². The van der Waals surface area contributed by atoms with Crippen molar-refractivity contribution < 1.29 is 9.66 Å². The Bertz CT molecular complexity index is 1140. The van der Waals surface area contributed by atoms with Crippen molar-refractivity contribution in [3.8, 4) is 10.4 Å². The van der Waals surface area contributed by atoms with Gasteiger partial charge in [0.05, 0.1) is 10.3 Å². The molecule has 4 rings (SSSR count). The third kappa shape index (κ3) is 2.98. The second-order valence-electron chi connectivity index (χ2n) is 6.51. The number of aromatic nitrogens is 2. The van der Waals surface area contributed by atoms with Gasteiger partial charge in [0.1, 0.15) is 4.83 Å². The molecule has 9 heteroatoms. The number of rotatable bonds is 3. The molecule has 0 spiro atoms. The number of fused-ring (bicyclic) bond motifs is 1. The zero-order chi connectivity index (χ0) is 19.1. The van der Waals surface area contributed by atoms with Crippen LogP contribution in [0.4, 0.5) is 5.69 Å². The highest BCUT2D eigenvalue weighted by atomic mass is 32.1. The van der Waals surface area contributed by atoms with Crippen LogP contribution < -0.4 is 11.2 Å². The van der Waals surface area contributed by atoms with Crippen LogP contribution >= 0.6 is 11.3 Å². The second kappa shape index (κ2) is 6.75. The van der Waals surface area contributed by atoms with Crippen molar-refractivity contribution in [1.82, 2.24) is 9.55 Å². The lowest BCUT2D eigenvalue weighted by atomic mass is 10.1. The SMILES string of the molecule is Cc1c(-c2ccc([N+](=O)[O-])cc2)sc2[nH]c(=O)n(C3CCOCC3)c(=O)c12. The van der Waals surface area contributed by atoms with Crippen LogP contribution in [0.5, 0.6) is 0 Å². The minimum Gasteiger partial charge on any atom is -0.381 e. The van der Waals surface area contributed by atoms with Crippen molar-refractivity contribution in [3.63, 3.8) is 0 Å². The summed E-state index contributed by atoms with van der Waals surface area (Å²) >= 11 is 1.31. The van der Waals surface area contributed by atoms with E-state index in [2.05, 4.69) is 4.98 Å². The van der Waals surface area contributed by atoms with Gasteiger partial charge in [0, 0.05) is 36.3 Å². The molecule has 27 heavy (non-hydrogen) atoms. The van der Waals surface area contributed by atoms with Crippen LogP contribution in [0.25, 0.3) is 20.7 Å². The topological polar surface area (TPSA) is 107 Å². The van der Waals surface area contributed by atoms with Crippen molar-refractivity contribution in [2.75, 3.05) is 13.2 Å². The summed E-state index contributed by atoms with van der Waals surface area (Å²) in [4.78, 5) is 40.2. The number of hydrogen-bond donors (Lipinski definition) is 1. The highest BCUT2D eigenvalue weighted by molar-refractivity contribution is 7.22. The minimum absolute atomic E-state index is 0.00722. The molecule has 1 aliphatic rings. The van der Waals surface area contributed by atoms with Crippen LogP contribution in [0.3, 0.4) is 0 Å². The van der Waals surface area contributed by atoms with E-state index in [1.165, 1.54) is 28.0 Å². The van der Waals surface area contributed by atoms with Crippen molar-refractivity contribution >= 4 is 27.2 Å². The summed E-state index contributed by atoms with van der Waals surface area (Å²) in [6.07, 6.45) is 1.26. The Labute approximate surface area is 157 Å². The first-order valence-corrected chi connectivity index (χ1v) is 9.39. The summed E-state index contributed by atoms with van der Waals surface area (Å²) in [5, 5.41) is 11.3. The van der Waals surface area contributed by atoms with Crippen molar-refractivity contribution in [2.24, 2.45) is 0 Å². The van der Waals surface area contributed by atoms with Crippen molar-refractivity contribution in [1.29, 1.82) is 0 Å². The molecule has 8 nitrogen and oxygen atoms in total. The molecule has 140 valence electrons. The molecule has 0 amide bonds. The first kappa shape index (κ1) is 17.6. The lowest BCUT2D eigenvalue weighted by Gasteiger charge is -2.23. The van der Waals surface area contributed by atoms with E-state index in [1.54, 1.807) is 12.1 Å². The lowest BCUT2D eigenvalue weighted by molar-refractivity contribution is -0.384. The number of aromatic amines is 1. The fraction of sp³-hybridized carbons (Fsp3) is 0.333. The first-order chi connectivity index (χ1) is 13.0. The number of H-pyrrole nitrogens is 1. The fourth-order valence-electron chi connectivity index (χ4n) is 3.51. The molecule has 1 fully saturated rings. The van der Waals surface area contributed by atoms with Crippen LogP contribution in [0.1, 0.15) is 24.4 Å². The van der Waals surface area contributed by atoms with Crippen LogP contribution in [0, 0.1) is 17.0 Å². The quantitative estimate of drug-likeness (QED) is 0.549. The molecule has 0 aliphatic carbocycles. The van der Waals surface area contributed by atoms with Crippen LogP contribution in [-0.2, 0) is 4.74 Å². The number of nitro benzene ring substituents is 1. The minimum atomic E-state index is -0.453. The van der Waals surface area contributed by atoms with Crippen LogP contribution in [0.15, 0.2) is 33.9 Å². The number of nitrogens with zero attached hydrogens (tertiary/aromatic N) is 2. The Morgan fingerprint density at radius 1 is 1.22 bits per heavy atom. The van der Waals surface area contributed by atoms with E-state index < -0.39 is 10.6 Å². The van der Waals surface area contributed by atoms with E-state index in [-0.39, 0.29) is 17.3 Å². The molecule has 1 aromatic carbocycles. The predicted octanol–water partition coefficient (Wildman–Crippen LogP) is 2.99. The zero-order valence-electron chi connectivity index (χ0n) is 14.6. The molecular weight excluding hydrogens is 370 g/mol. The maximum atomic E-state index is 13.1. The molecule has 1 N–H and O–H groups in total. The van der Waals surface area contributed by atoms with Crippen LogP contribution in [-0.4, -0.2) is 27.7 Å². The van der Waals surface area contributed by atoms with Gasteiger partial charge in [0.15, 0.2) is 0 Å². The molecule has 0 radical (unpaired) electrons. The zero-order valence-corrected chi connectivity index (χ0v) is 15.4. The van der Waals surface area contributed by atoms with E-state index in [4.69, 9.17) is 4.74 Å². The maximum absolute atomic E-state index is 13.1. The van der Waals surface area contributed by atoms with Gasteiger partial charge in [-0.15, -0.1) is 11.3 Å². The Hall–Kier alpha value is -2.78. The van der Waals surface area contributed by atoms with Gasteiger partial charge in [-0.25, -0.2) is 4.79 Å². The van der Waals surface area contributed by atoms with E-state index in [0.29, 0.717) is 36.3 Å². The number of nitro groups is 1. The smallest absolute Gasteiger partial charge is 0.329 e. The molecule has 1 aliphatic heterocycles. The van der Waals surface area contributed by atoms with E-state index >= 15 is 0 Å². The molecule has 0 saturated carbocycles. The number of hydrogen-bond acceptors (Lipinski definition) is 6. The Morgan fingerprint density at radius 2 is 1.89 bits per heavy atom. The average Bonchev–Trinajstić information content (AvgIpc) is 2.99. The van der Waals surface area contributed by atoms with Crippen molar-refractivity contribution in [2.45, 2.75) is 25.8 Å². The maximum Gasteiger partial charge on any atom is 0.329 e. The number of thiophene rings is 1. The second-order valence-corrected chi connectivity index (χ2v) is 7.53. The molecule has 3 heterocycles. The Morgan fingerprint density at radius 3 is 2.52 bits per heavy atom. The standard InChI is InChI=1S/C18H17N3O5S/c1-10-14-16(27-15(10)11-2-4-13(5-3-11)21(24)25)19-18(23)20(17(14)22)12-6-8-26-9-7-12/h2-5,12H,6-9H2,1H3,(H,19,23). The Balaban J connectivity index is 1.86. The number of nitrogens with one attached hydrogen (secondary N) is 1. The van der Waals surface area contributed by atoms with Gasteiger partial charge in [-0.3, -0.25) is 24.5 Å². The Kier molecular flexibility index (Phi) is 4.40. The summed E-state index contributed by atoms with van der Waals surface area (Å²) in [7, 11) is 0. The summed E-state index contributed by atoms with van der Waals surface area (Å²) in [5.41, 5.74) is 0.856. The molecule has 0 bridgehead atoms. The van der Waals surface area contributed by atoms with Crippen molar-refractivity contribution in [3.05, 3.63) is 60.8 Å². The van der Waals surface area contributed by atoms with E-state index in [9.17, 15) is 19.7 Å². The molecular formula is C18H17N3O5S. The largest absolute Gasteiger partial charge is 0.381 e. The molecule has 3 aromatic rings. The van der Waals surface area contributed by atoms with E-state index in [0.717, 1.165) is 16.0 Å². The van der Waals surface area contributed by atoms with Gasteiger partial charge < -0.3 is 4.74 Å². The molecule has 0 unspecified atom stereocenters. The molecule has 1 saturated heterocycles. The first-order valence-electron chi connectivity index (χ1n) is 8.58. The number of non-ortho nitro benzene ring substituents is 1. The third-order valence-electron chi connectivity index (χ3n) is 4.91. The monoisotopic (exact) mass is 387 g/mol. The van der Waals surface area contributed by atoms with Gasteiger partial charge in [-0.05, 0) is 43.0 Å². The highest BCUT2D eigenvalue weighted by Crippen LogP contribution is 2.36. The summed E-state index contributed by atoms with van der Waals surface area (Å²) < 4.78 is 6.64. The van der Waals surface area contributed by atoms with Gasteiger partial charge in [-0.1, -0.05) is 0 Å². The normalized spacial score (nSPS) is 15.3. The molecule has 2 aromatic heterocycles. The number of ether oxygens (including phenoxy) is 1. The predicted molar refractivity (Wildman–Crippen MR) is 103 cm³/mol. The third-order valence-corrected chi connectivity index (χ3v) is 6.17. The number of aryl methyl sites for hydroxylation is 1. The summed E-state index contributed by atoms with van der Waals surface area (Å²) in [6, 6.07) is 6.02.